The van der Waals surface area contributed by atoms with Crippen LogP contribution in [0.3, 0.4) is 0 Å². The molecule has 0 N–H and O–H groups in total. The van der Waals surface area contributed by atoms with E-state index in [1.807, 2.05) is 0 Å². The zero-order valence-corrected chi connectivity index (χ0v) is 13.9. The van der Waals surface area contributed by atoms with Crippen LogP contribution in [0.4, 0.5) is 0 Å². The van der Waals surface area contributed by atoms with Gasteiger partial charge in [-0.25, -0.2) is 0 Å². The maximum atomic E-state index is 2.69. The Morgan fingerprint density at radius 3 is 2.68 bits per heavy atom. The molecular formula is C20H28N2. The molecule has 0 spiro atoms. The van der Waals surface area contributed by atoms with E-state index in [2.05, 4.69) is 72.3 Å². The first-order valence-electron chi connectivity index (χ1n) is 8.61. The van der Waals surface area contributed by atoms with Gasteiger partial charge in [0.1, 0.15) is 0 Å². The SMILES string of the molecule is CC1CCC(CN(C)C2=CCCC=C2)N1Cc1ccccc1. The van der Waals surface area contributed by atoms with E-state index in [-0.39, 0.29) is 0 Å². The van der Waals surface area contributed by atoms with E-state index in [0.29, 0.717) is 12.1 Å². The number of likely N-dealkylation sites (N-methyl/N-ethyl adjacent to an activating group) is 1. The smallest absolute Gasteiger partial charge is 0.0331 e. The van der Waals surface area contributed by atoms with Gasteiger partial charge in [-0.3, -0.25) is 4.90 Å². The third-order valence-electron chi connectivity index (χ3n) is 5.06. The number of hydrogen-bond donors (Lipinski definition) is 0. The van der Waals surface area contributed by atoms with Crippen LogP contribution in [0.1, 0.15) is 38.2 Å². The number of nitrogens with zero attached hydrogens (tertiary/aromatic N) is 2. The van der Waals surface area contributed by atoms with Crippen LogP contribution in [0, 0.1) is 0 Å². The average Bonchev–Trinajstić information content (AvgIpc) is 2.90. The number of hydrogen-bond acceptors (Lipinski definition) is 2. The van der Waals surface area contributed by atoms with Gasteiger partial charge in [-0.2, -0.15) is 0 Å². The quantitative estimate of drug-likeness (QED) is 0.803. The highest BCUT2D eigenvalue weighted by Crippen LogP contribution is 2.27. The molecule has 1 saturated heterocycles. The molecule has 118 valence electrons. The fourth-order valence-corrected chi connectivity index (χ4v) is 3.70. The molecule has 0 aromatic heterocycles. The lowest BCUT2D eigenvalue weighted by atomic mass is 10.1. The second-order valence-corrected chi connectivity index (χ2v) is 6.73. The maximum Gasteiger partial charge on any atom is 0.0331 e. The molecule has 0 bridgehead atoms. The van der Waals surface area contributed by atoms with Crippen LogP contribution in [0.15, 0.2) is 54.3 Å². The molecule has 0 radical (unpaired) electrons. The van der Waals surface area contributed by atoms with Crippen LogP contribution in [0.5, 0.6) is 0 Å². The van der Waals surface area contributed by atoms with Gasteiger partial charge in [-0.1, -0.05) is 42.5 Å². The van der Waals surface area contributed by atoms with E-state index in [1.165, 1.54) is 36.9 Å². The molecule has 2 heteroatoms. The molecule has 1 aromatic rings. The Kier molecular flexibility index (Phi) is 4.99. The van der Waals surface area contributed by atoms with E-state index in [9.17, 15) is 0 Å². The molecule has 2 aliphatic rings. The molecule has 0 amide bonds. The Morgan fingerprint density at radius 2 is 1.95 bits per heavy atom. The third-order valence-corrected chi connectivity index (χ3v) is 5.06. The van der Waals surface area contributed by atoms with Gasteiger partial charge >= 0.3 is 0 Å². The highest BCUT2D eigenvalue weighted by molar-refractivity contribution is 5.21. The first kappa shape index (κ1) is 15.4. The van der Waals surface area contributed by atoms with Crippen LogP contribution in [0.2, 0.25) is 0 Å². The predicted molar refractivity (Wildman–Crippen MR) is 93.6 cm³/mol. The number of allylic oxidation sites excluding steroid dienone is 3. The van der Waals surface area contributed by atoms with Crippen molar-refractivity contribution >= 4 is 0 Å². The van der Waals surface area contributed by atoms with Crippen molar-refractivity contribution in [3.8, 4) is 0 Å². The van der Waals surface area contributed by atoms with Crippen LogP contribution >= 0.6 is 0 Å². The lowest BCUT2D eigenvalue weighted by molar-refractivity contribution is 0.166. The summed E-state index contributed by atoms with van der Waals surface area (Å²) in [4.78, 5) is 5.13. The molecule has 2 unspecified atom stereocenters. The maximum absolute atomic E-state index is 2.69. The van der Waals surface area contributed by atoms with Gasteiger partial charge in [-0.15, -0.1) is 0 Å². The van der Waals surface area contributed by atoms with Crippen LogP contribution < -0.4 is 0 Å². The summed E-state index contributed by atoms with van der Waals surface area (Å²) < 4.78 is 0. The predicted octanol–water partition coefficient (Wildman–Crippen LogP) is 4.21. The van der Waals surface area contributed by atoms with Crippen molar-refractivity contribution in [2.45, 2.75) is 51.2 Å². The summed E-state index contributed by atoms with van der Waals surface area (Å²) in [7, 11) is 2.24. The van der Waals surface area contributed by atoms with Crippen LogP contribution in [-0.4, -0.2) is 35.5 Å². The molecule has 1 fully saturated rings. The first-order valence-corrected chi connectivity index (χ1v) is 8.61. The molecule has 1 aromatic carbocycles. The van der Waals surface area contributed by atoms with Gasteiger partial charge in [0, 0.05) is 37.9 Å². The fourth-order valence-electron chi connectivity index (χ4n) is 3.70. The molecule has 22 heavy (non-hydrogen) atoms. The Bertz CT molecular complexity index is 532. The summed E-state index contributed by atoms with van der Waals surface area (Å²) in [6.07, 6.45) is 12.0. The van der Waals surface area contributed by atoms with E-state index < -0.39 is 0 Å². The third kappa shape index (κ3) is 3.61. The zero-order valence-electron chi connectivity index (χ0n) is 13.9. The second-order valence-electron chi connectivity index (χ2n) is 6.73. The summed E-state index contributed by atoms with van der Waals surface area (Å²) >= 11 is 0. The van der Waals surface area contributed by atoms with Crippen molar-refractivity contribution in [2.75, 3.05) is 13.6 Å². The Balaban J connectivity index is 1.64. The molecule has 3 rings (SSSR count). The van der Waals surface area contributed by atoms with E-state index in [4.69, 9.17) is 0 Å². The Morgan fingerprint density at radius 1 is 1.14 bits per heavy atom. The molecule has 2 nitrogen and oxygen atoms in total. The van der Waals surface area contributed by atoms with Crippen molar-refractivity contribution in [1.29, 1.82) is 0 Å². The Hall–Kier alpha value is -1.54. The van der Waals surface area contributed by atoms with Gasteiger partial charge in [0.25, 0.3) is 0 Å². The largest absolute Gasteiger partial charge is 0.373 e. The van der Waals surface area contributed by atoms with E-state index in [0.717, 1.165) is 13.1 Å². The number of rotatable bonds is 5. The van der Waals surface area contributed by atoms with E-state index >= 15 is 0 Å². The molecule has 1 aliphatic heterocycles. The second kappa shape index (κ2) is 7.15. The summed E-state index contributed by atoms with van der Waals surface area (Å²) in [5.41, 5.74) is 2.83. The summed E-state index contributed by atoms with van der Waals surface area (Å²) in [6.45, 7) is 4.59. The standard InChI is InChI=1S/C20H28N2/c1-17-13-14-20(16-21(2)19-11-7-4-8-12-19)22(17)15-18-9-5-3-6-10-18/h3,5-7,9-12,17,20H,4,8,13-16H2,1-2H3. The topological polar surface area (TPSA) is 6.48 Å². The summed E-state index contributed by atoms with van der Waals surface area (Å²) in [5.74, 6) is 0. The van der Waals surface area contributed by atoms with Crippen molar-refractivity contribution in [3.05, 3.63) is 59.8 Å². The summed E-state index contributed by atoms with van der Waals surface area (Å²) in [6, 6.07) is 12.2. The van der Waals surface area contributed by atoms with Crippen molar-refractivity contribution in [2.24, 2.45) is 0 Å². The average molecular weight is 296 g/mol. The zero-order chi connectivity index (χ0) is 15.4. The lowest BCUT2D eigenvalue weighted by Crippen LogP contribution is -2.40. The minimum absolute atomic E-state index is 0.663. The highest BCUT2D eigenvalue weighted by Gasteiger charge is 2.31. The molecule has 0 saturated carbocycles. The normalized spacial score (nSPS) is 25.3. The Labute approximate surface area is 135 Å². The van der Waals surface area contributed by atoms with Gasteiger partial charge in [0.2, 0.25) is 0 Å². The van der Waals surface area contributed by atoms with Crippen molar-refractivity contribution in [3.63, 3.8) is 0 Å². The highest BCUT2D eigenvalue weighted by atomic mass is 15.2. The summed E-state index contributed by atoms with van der Waals surface area (Å²) in [5, 5.41) is 0. The van der Waals surface area contributed by atoms with Crippen LogP contribution in [0.25, 0.3) is 0 Å². The van der Waals surface area contributed by atoms with Gasteiger partial charge in [0.05, 0.1) is 0 Å². The number of benzene rings is 1. The minimum Gasteiger partial charge on any atom is -0.373 e. The molecular weight excluding hydrogens is 268 g/mol. The van der Waals surface area contributed by atoms with Crippen molar-refractivity contribution in [1.82, 2.24) is 9.80 Å². The number of likely N-dealkylation sites (tertiary alicyclic amines) is 1. The monoisotopic (exact) mass is 296 g/mol. The van der Waals surface area contributed by atoms with Crippen LogP contribution in [-0.2, 0) is 6.54 Å². The van der Waals surface area contributed by atoms with Gasteiger partial charge < -0.3 is 4.90 Å². The van der Waals surface area contributed by atoms with Gasteiger partial charge in [-0.05, 0) is 44.2 Å². The lowest BCUT2D eigenvalue weighted by Gasteiger charge is -2.33. The fraction of sp³-hybridized carbons (Fsp3) is 0.500. The van der Waals surface area contributed by atoms with Crippen molar-refractivity contribution < 1.29 is 0 Å². The van der Waals surface area contributed by atoms with Gasteiger partial charge in [0.15, 0.2) is 0 Å². The minimum atomic E-state index is 0.663. The molecule has 1 heterocycles. The molecule has 2 atom stereocenters. The first-order chi connectivity index (χ1) is 10.7. The molecule has 1 aliphatic carbocycles. The van der Waals surface area contributed by atoms with E-state index in [1.54, 1.807) is 0 Å².